The van der Waals surface area contributed by atoms with Crippen molar-refractivity contribution in [2.24, 2.45) is 5.92 Å². The molecule has 1 fully saturated rings. The van der Waals surface area contributed by atoms with Crippen LogP contribution in [0.4, 0.5) is 0 Å². The third-order valence-corrected chi connectivity index (χ3v) is 4.32. The Morgan fingerprint density at radius 3 is 3.16 bits per heavy atom. The number of imidazole rings is 1. The van der Waals surface area contributed by atoms with Crippen LogP contribution in [0.25, 0.3) is 5.65 Å². The average molecular weight is 278 g/mol. The van der Waals surface area contributed by atoms with Gasteiger partial charge < -0.3 is 4.40 Å². The minimum Gasteiger partial charge on any atom is -0.301 e. The number of aromatic nitrogens is 2. The van der Waals surface area contributed by atoms with E-state index < -0.39 is 0 Å². The van der Waals surface area contributed by atoms with Crippen LogP contribution in [0.5, 0.6) is 0 Å². The molecular formula is C15H20ClN3. The first-order valence-electron chi connectivity index (χ1n) is 7.11. The average Bonchev–Trinajstić information content (AvgIpc) is 2.96. The summed E-state index contributed by atoms with van der Waals surface area (Å²) in [6.45, 7) is 5.56. The molecule has 1 unspecified atom stereocenters. The Labute approximate surface area is 119 Å². The second kappa shape index (κ2) is 5.51. The van der Waals surface area contributed by atoms with Crippen LogP contribution in [-0.4, -0.2) is 27.4 Å². The maximum atomic E-state index is 6.29. The van der Waals surface area contributed by atoms with Crippen molar-refractivity contribution in [3.63, 3.8) is 0 Å². The highest BCUT2D eigenvalue weighted by atomic mass is 35.5. The molecule has 0 saturated carbocycles. The zero-order chi connectivity index (χ0) is 13.2. The summed E-state index contributed by atoms with van der Waals surface area (Å²) in [6, 6.07) is 6.02. The molecule has 2 aromatic rings. The van der Waals surface area contributed by atoms with Crippen LogP contribution >= 0.6 is 11.6 Å². The van der Waals surface area contributed by atoms with E-state index in [1.807, 2.05) is 24.4 Å². The van der Waals surface area contributed by atoms with Crippen molar-refractivity contribution in [2.75, 3.05) is 13.1 Å². The third kappa shape index (κ3) is 2.63. The molecule has 3 rings (SSSR count). The molecule has 1 aliphatic rings. The van der Waals surface area contributed by atoms with Gasteiger partial charge >= 0.3 is 0 Å². The summed E-state index contributed by atoms with van der Waals surface area (Å²) in [5, 5.41) is 0.644. The van der Waals surface area contributed by atoms with Gasteiger partial charge in [0.15, 0.2) is 5.15 Å². The molecule has 0 radical (unpaired) electrons. The van der Waals surface area contributed by atoms with Crippen molar-refractivity contribution in [1.82, 2.24) is 14.3 Å². The molecule has 3 nitrogen and oxygen atoms in total. The number of pyridine rings is 1. The van der Waals surface area contributed by atoms with E-state index in [0.717, 1.165) is 23.8 Å². The molecule has 1 saturated heterocycles. The molecule has 1 aliphatic heterocycles. The number of hydrogen-bond acceptors (Lipinski definition) is 2. The molecule has 0 aromatic carbocycles. The summed E-state index contributed by atoms with van der Waals surface area (Å²) < 4.78 is 2.11. The molecule has 0 bridgehead atoms. The van der Waals surface area contributed by atoms with Gasteiger partial charge in [-0.2, -0.15) is 0 Å². The number of halogens is 1. The monoisotopic (exact) mass is 277 g/mol. The lowest BCUT2D eigenvalue weighted by Crippen LogP contribution is -2.21. The fraction of sp³-hybridized carbons (Fsp3) is 0.533. The Morgan fingerprint density at radius 1 is 1.42 bits per heavy atom. The summed E-state index contributed by atoms with van der Waals surface area (Å²) in [5.74, 6) is 0.864. The molecule has 1 atom stereocenters. The molecule has 3 heterocycles. The number of fused-ring (bicyclic) bond motifs is 1. The summed E-state index contributed by atoms with van der Waals surface area (Å²) in [6.07, 6.45) is 6.00. The first-order valence-corrected chi connectivity index (χ1v) is 7.49. The molecule has 19 heavy (non-hydrogen) atoms. The molecular weight excluding hydrogens is 258 g/mol. The second-order valence-corrected chi connectivity index (χ2v) is 5.81. The van der Waals surface area contributed by atoms with Gasteiger partial charge in [0.1, 0.15) is 5.65 Å². The molecule has 0 spiro atoms. The molecule has 0 amide bonds. The largest absolute Gasteiger partial charge is 0.301 e. The van der Waals surface area contributed by atoms with E-state index in [1.165, 1.54) is 32.4 Å². The smallest absolute Gasteiger partial charge is 0.152 e. The Kier molecular flexibility index (Phi) is 3.76. The van der Waals surface area contributed by atoms with Gasteiger partial charge in [-0.05, 0) is 37.4 Å². The van der Waals surface area contributed by atoms with E-state index >= 15 is 0 Å². The lowest BCUT2D eigenvalue weighted by atomic mass is 10.0. The third-order valence-electron chi connectivity index (χ3n) is 4.02. The number of hydrogen-bond donors (Lipinski definition) is 0. The van der Waals surface area contributed by atoms with Crippen LogP contribution < -0.4 is 0 Å². The Bertz CT molecular complexity index is 564. The van der Waals surface area contributed by atoms with Crippen molar-refractivity contribution >= 4 is 17.2 Å². The van der Waals surface area contributed by atoms with Crippen LogP contribution in [0.15, 0.2) is 24.4 Å². The minimum atomic E-state index is 0.644. The van der Waals surface area contributed by atoms with Gasteiger partial charge in [0.25, 0.3) is 0 Å². The topological polar surface area (TPSA) is 20.5 Å². The molecule has 0 N–H and O–H groups in total. The normalized spacial score (nSPS) is 20.4. The highest BCUT2D eigenvalue weighted by Gasteiger charge is 2.23. The predicted octanol–water partition coefficient (Wildman–Crippen LogP) is 3.61. The first-order chi connectivity index (χ1) is 9.28. The fourth-order valence-electron chi connectivity index (χ4n) is 3.07. The van der Waals surface area contributed by atoms with Gasteiger partial charge in [-0.1, -0.05) is 31.0 Å². The number of nitrogens with zero attached hydrogens (tertiary/aromatic N) is 3. The molecule has 4 heteroatoms. The van der Waals surface area contributed by atoms with Gasteiger partial charge in [0, 0.05) is 19.3 Å². The Balaban J connectivity index is 1.77. The van der Waals surface area contributed by atoms with E-state index in [0.29, 0.717) is 5.15 Å². The van der Waals surface area contributed by atoms with Crippen LogP contribution in [0.2, 0.25) is 5.15 Å². The quantitative estimate of drug-likeness (QED) is 0.851. The van der Waals surface area contributed by atoms with Crippen LogP contribution in [0, 0.1) is 5.92 Å². The summed E-state index contributed by atoms with van der Waals surface area (Å²) >= 11 is 6.29. The van der Waals surface area contributed by atoms with Gasteiger partial charge in [0.05, 0.1) is 5.69 Å². The highest BCUT2D eigenvalue weighted by molar-refractivity contribution is 6.30. The first kappa shape index (κ1) is 12.9. The van der Waals surface area contributed by atoms with Crippen LogP contribution in [-0.2, 0) is 6.54 Å². The zero-order valence-corrected chi connectivity index (χ0v) is 12.1. The van der Waals surface area contributed by atoms with E-state index in [2.05, 4.69) is 21.2 Å². The number of likely N-dealkylation sites (tertiary alicyclic amines) is 1. The molecule has 2 aromatic heterocycles. The highest BCUT2D eigenvalue weighted by Crippen LogP contribution is 2.25. The van der Waals surface area contributed by atoms with E-state index in [1.54, 1.807) is 0 Å². The lowest BCUT2D eigenvalue weighted by Gasteiger charge is -2.15. The van der Waals surface area contributed by atoms with Crippen molar-refractivity contribution in [3.05, 3.63) is 35.2 Å². The maximum Gasteiger partial charge on any atom is 0.152 e. The Hall–Kier alpha value is -1.06. The van der Waals surface area contributed by atoms with Crippen molar-refractivity contribution in [2.45, 2.75) is 32.7 Å². The van der Waals surface area contributed by atoms with Crippen molar-refractivity contribution < 1.29 is 0 Å². The van der Waals surface area contributed by atoms with Gasteiger partial charge in [-0.3, -0.25) is 4.90 Å². The van der Waals surface area contributed by atoms with Crippen LogP contribution in [0.1, 0.15) is 31.9 Å². The van der Waals surface area contributed by atoms with Gasteiger partial charge in [-0.15, -0.1) is 0 Å². The zero-order valence-electron chi connectivity index (χ0n) is 11.3. The van der Waals surface area contributed by atoms with E-state index in [9.17, 15) is 0 Å². The van der Waals surface area contributed by atoms with Crippen LogP contribution in [0.3, 0.4) is 0 Å². The fourth-order valence-corrected chi connectivity index (χ4v) is 3.31. The predicted molar refractivity (Wildman–Crippen MR) is 78.5 cm³/mol. The number of rotatable bonds is 4. The molecule has 102 valence electrons. The lowest BCUT2D eigenvalue weighted by molar-refractivity contribution is 0.308. The maximum absolute atomic E-state index is 6.29. The summed E-state index contributed by atoms with van der Waals surface area (Å²) in [4.78, 5) is 6.91. The molecule has 0 aliphatic carbocycles. The van der Waals surface area contributed by atoms with Gasteiger partial charge in [-0.25, -0.2) is 4.98 Å². The van der Waals surface area contributed by atoms with Crippen molar-refractivity contribution in [1.29, 1.82) is 0 Å². The Morgan fingerprint density at radius 2 is 2.32 bits per heavy atom. The van der Waals surface area contributed by atoms with E-state index in [4.69, 9.17) is 11.6 Å². The summed E-state index contributed by atoms with van der Waals surface area (Å²) in [7, 11) is 0. The van der Waals surface area contributed by atoms with E-state index in [-0.39, 0.29) is 0 Å². The second-order valence-electron chi connectivity index (χ2n) is 5.46. The van der Waals surface area contributed by atoms with Crippen molar-refractivity contribution in [3.8, 4) is 0 Å². The summed E-state index contributed by atoms with van der Waals surface area (Å²) in [5.41, 5.74) is 2.06. The standard InChI is InChI=1S/C15H20ClN3/c1-2-5-12-7-9-18(10-12)11-13-15(16)17-14-6-3-4-8-19(13)14/h3-4,6,8,12H,2,5,7,9-11H2,1H3. The SMILES string of the molecule is CCCC1CCN(Cc2c(Cl)nc3ccccn23)C1. The van der Waals surface area contributed by atoms with Gasteiger partial charge in [0.2, 0.25) is 0 Å². The minimum absolute atomic E-state index is 0.644.